The summed E-state index contributed by atoms with van der Waals surface area (Å²) >= 11 is 0. The number of hydrogen-bond acceptors (Lipinski definition) is 4. The topological polar surface area (TPSA) is 64.2 Å². The highest BCUT2D eigenvalue weighted by Crippen LogP contribution is 2.29. The first kappa shape index (κ1) is 15.9. The maximum atomic E-state index is 12.7. The molecule has 6 nitrogen and oxygen atoms in total. The largest absolute Gasteiger partial charge is 0.419 e. The first-order valence-electron chi connectivity index (χ1n) is 8.83. The summed E-state index contributed by atoms with van der Waals surface area (Å²) in [5, 5.41) is 9.41. The summed E-state index contributed by atoms with van der Waals surface area (Å²) in [7, 11) is 0. The van der Waals surface area contributed by atoms with E-state index in [4.69, 9.17) is 4.42 Å². The van der Waals surface area contributed by atoms with Gasteiger partial charge in [0.1, 0.15) is 12.2 Å². The molecule has 2 aromatic heterocycles. The monoisotopic (exact) mass is 338 g/mol. The molecule has 0 bridgehead atoms. The quantitative estimate of drug-likeness (QED) is 0.731. The lowest BCUT2D eigenvalue weighted by atomic mass is 10.2. The number of amides is 1. The van der Waals surface area contributed by atoms with Crippen molar-refractivity contribution in [2.75, 3.05) is 13.1 Å². The van der Waals surface area contributed by atoms with Crippen LogP contribution in [0.1, 0.15) is 38.5 Å². The molecule has 130 valence electrons. The Morgan fingerprint density at radius 3 is 2.68 bits per heavy atom. The summed E-state index contributed by atoms with van der Waals surface area (Å²) in [6.07, 6.45) is 2.18. The molecule has 25 heavy (non-hydrogen) atoms. The smallest absolute Gasteiger partial charge is 0.264 e. The second-order valence-electron chi connectivity index (χ2n) is 6.86. The Labute approximate surface area is 146 Å². The number of benzene rings is 1. The van der Waals surface area contributed by atoms with E-state index in [1.165, 1.54) is 0 Å². The third kappa shape index (κ3) is 2.92. The third-order valence-corrected chi connectivity index (χ3v) is 4.72. The van der Waals surface area contributed by atoms with Crippen LogP contribution in [0.4, 0.5) is 0 Å². The summed E-state index contributed by atoms with van der Waals surface area (Å²) in [4.78, 5) is 14.6. The van der Waals surface area contributed by atoms with E-state index < -0.39 is 0 Å². The highest BCUT2D eigenvalue weighted by atomic mass is 16.4. The van der Waals surface area contributed by atoms with E-state index in [2.05, 4.69) is 10.2 Å². The van der Waals surface area contributed by atoms with Gasteiger partial charge in [-0.15, -0.1) is 10.2 Å². The first-order chi connectivity index (χ1) is 12.1. The number of likely N-dealkylation sites (tertiary alicyclic amines) is 1. The Morgan fingerprint density at radius 1 is 1.20 bits per heavy atom. The lowest BCUT2D eigenvalue weighted by Crippen LogP contribution is -2.31. The molecule has 4 rings (SSSR count). The summed E-state index contributed by atoms with van der Waals surface area (Å²) in [6, 6.07) is 10.1. The number of rotatable bonds is 4. The number of para-hydroxylation sites is 1. The van der Waals surface area contributed by atoms with Crippen LogP contribution >= 0.6 is 0 Å². The Hall–Kier alpha value is -2.63. The molecule has 1 amide bonds. The van der Waals surface area contributed by atoms with Crippen LogP contribution in [0.2, 0.25) is 0 Å². The molecule has 3 heterocycles. The van der Waals surface area contributed by atoms with Crippen LogP contribution in [0.5, 0.6) is 0 Å². The number of carbonyl (C=O) groups is 1. The average molecular weight is 338 g/mol. The van der Waals surface area contributed by atoms with Gasteiger partial charge in [0.05, 0.1) is 0 Å². The summed E-state index contributed by atoms with van der Waals surface area (Å²) < 4.78 is 7.83. The van der Waals surface area contributed by atoms with Gasteiger partial charge in [0, 0.05) is 29.9 Å². The first-order valence-corrected chi connectivity index (χ1v) is 8.83. The Kier molecular flexibility index (Phi) is 4.03. The molecule has 0 unspecified atom stereocenters. The van der Waals surface area contributed by atoms with Crippen LogP contribution < -0.4 is 0 Å². The molecule has 0 radical (unpaired) electrons. The molecule has 1 aromatic carbocycles. The van der Waals surface area contributed by atoms with E-state index in [1.807, 2.05) is 53.6 Å². The van der Waals surface area contributed by atoms with Crippen LogP contribution in [0.3, 0.4) is 0 Å². The Morgan fingerprint density at radius 2 is 1.96 bits per heavy atom. The van der Waals surface area contributed by atoms with Gasteiger partial charge in [0.25, 0.3) is 5.89 Å². The maximum absolute atomic E-state index is 12.7. The van der Waals surface area contributed by atoms with Crippen LogP contribution in [-0.2, 0) is 11.3 Å². The van der Waals surface area contributed by atoms with E-state index in [0.717, 1.165) is 42.5 Å². The number of hydrogen-bond donors (Lipinski definition) is 0. The lowest BCUT2D eigenvalue weighted by molar-refractivity contribution is -0.130. The van der Waals surface area contributed by atoms with Crippen molar-refractivity contribution in [1.29, 1.82) is 0 Å². The van der Waals surface area contributed by atoms with Gasteiger partial charge >= 0.3 is 0 Å². The second-order valence-corrected chi connectivity index (χ2v) is 6.86. The van der Waals surface area contributed by atoms with Crippen molar-refractivity contribution in [3.63, 3.8) is 0 Å². The Balaban J connectivity index is 1.76. The van der Waals surface area contributed by atoms with Crippen molar-refractivity contribution in [2.24, 2.45) is 0 Å². The van der Waals surface area contributed by atoms with Crippen LogP contribution in [0.25, 0.3) is 22.5 Å². The fraction of sp³-hybridized carbons (Fsp3) is 0.421. The fourth-order valence-electron chi connectivity index (χ4n) is 3.33. The van der Waals surface area contributed by atoms with E-state index in [9.17, 15) is 4.79 Å². The molecular formula is C19H22N4O2. The third-order valence-electron chi connectivity index (χ3n) is 4.72. The SMILES string of the molecule is CC(C)c1nnc(-c2cc3ccccc3n2CC(=O)N2CCCC2)o1. The van der Waals surface area contributed by atoms with Gasteiger partial charge in [-0.3, -0.25) is 4.79 Å². The summed E-state index contributed by atoms with van der Waals surface area (Å²) in [5.74, 6) is 1.39. The van der Waals surface area contributed by atoms with Crippen LogP contribution in [-0.4, -0.2) is 38.7 Å². The molecular weight excluding hydrogens is 316 g/mol. The van der Waals surface area contributed by atoms with Crippen molar-refractivity contribution in [1.82, 2.24) is 19.7 Å². The zero-order valence-corrected chi connectivity index (χ0v) is 14.6. The predicted molar refractivity (Wildman–Crippen MR) is 95.1 cm³/mol. The highest BCUT2D eigenvalue weighted by molar-refractivity contribution is 5.88. The van der Waals surface area contributed by atoms with E-state index >= 15 is 0 Å². The fourth-order valence-corrected chi connectivity index (χ4v) is 3.33. The van der Waals surface area contributed by atoms with Crippen molar-refractivity contribution in [3.8, 4) is 11.6 Å². The van der Waals surface area contributed by atoms with Crippen molar-refractivity contribution in [3.05, 3.63) is 36.2 Å². The van der Waals surface area contributed by atoms with Gasteiger partial charge in [0.15, 0.2) is 0 Å². The molecule has 0 atom stereocenters. The molecule has 6 heteroatoms. The zero-order valence-electron chi connectivity index (χ0n) is 14.6. The standard InChI is InChI=1S/C19H22N4O2/c1-13(2)18-20-21-19(25-18)16-11-14-7-3-4-8-15(14)23(16)12-17(24)22-9-5-6-10-22/h3-4,7-8,11,13H,5-6,9-10,12H2,1-2H3. The van der Waals surface area contributed by atoms with Gasteiger partial charge in [-0.05, 0) is 25.0 Å². The van der Waals surface area contributed by atoms with Gasteiger partial charge in [-0.2, -0.15) is 0 Å². The van der Waals surface area contributed by atoms with Gasteiger partial charge in [0.2, 0.25) is 11.8 Å². The minimum absolute atomic E-state index is 0.142. The van der Waals surface area contributed by atoms with Gasteiger partial charge < -0.3 is 13.9 Å². The molecule has 0 N–H and O–H groups in total. The molecule has 1 aliphatic heterocycles. The zero-order chi connectivity index (χ0) is 17.4. The molecule has 1 fully saturated rings. The summed E-state index contributed by atoms with van der Waals surface area (Å²) in [6.45, 7) is 6.03. The molecule has 0 aliphatic carbocycles. The van der Waals surface area contributed by atoms with Crippen molar-refractivity contribution in [2.45, 2.75) is 39.2 Å². The summed E-state index contributed by atoms with van der Waals surface area (Å²) in [5.41, 5.74) is 1.81. The van der Waals surface area contributed by atoms with E-state index in [-0.39, 0.29) is 11.8 Å². The van der Waals surface area contributed by atoms with Gasteiger partial charge in [-0.1, -0.05) is 32.0 Å². The molecule has 1 aliphatic rings. The van der Waals surface area contributed by atoms with Crippen molar-refractivity contribution < 1.29 is 9.21 Å². The molecule has 1 saturated heterocycles. The average Bonchev–Trinajstić information content (AvgIpc) is 3.34. The Bertz CT molecular complexity index is 903. The van der Waals surface area contributed by atoms with Crippen LogP contribution in [0.15, 0.2) is 34.7 Å². The van der Waals surface area contributed by atoms with Gasteiger partial charge in [-0.25, -0.2) is 0 Å². The van der Waals surface area contributed by atoms with Crippen molar-refractivity contribution >= 4 is 16.8 Å². The number of nitrogens with zero attached hydrogens (tertiary/aromatic N) is 4. The van der Waals surface area contributed by atoms with E-state index in [0.29, 0.717) is 18.3 Å². The number of aromatic nitrogens is 3. The number of fused-ring (bicyclic) bond motifs is 1. The lowest BCUT2D eigenvalue weighted by Gasteiger charge is -2.17. The highest BCUT2D eigenvalue weighted by Gasteiger charge is 2.22. The normalized spacial score (nSPS) is 14.8. The minimum Gasteiger partial charge on any atom is -0.419 e. The molecule has 0 saturated carbocycles. The minimum atomic E-state index is 0.142. The molecule has 3 aromatic rings. The predicted octanol–water partition coefficient (Wildman–Crippen LogP) is 3.44. The van der Waals surface area contributed by atoms with Crippen LogP contribution in [0, 0.1) is 0 Å². The van der Waals surface area contributed by atoms with E-state index in [1.54, 1.807) is 0 Å². The number of carbonyl (C=O) groups excluding carboxylic acids is 1. The second kappa shape index (κ2) is 6.35. The maximum Gasteiger partial charge on any atom is 0.264 e. The molecule has 0 spiro atoms.